The highest BCUT2D eigenvalue weighted by molar-refractivity contribution is 9.10. The number of esters is 2. The molecule has 0 spiro atoms. The smallest absolute Gasteiger partial charge is 0.338 e. The van der Waals surface area contributed by atoms with Gasteiger partial charge in [0.05, 0.1) is 47.3 Å². The molecule has 6 aliphatic heterocycles. The van der Waals surface area contributed by atoms with E-state index in [0.717, 1.165) is 22.5 Å². The number of ether oxygens (including phenoxy) is 2. The number of carbonyl (C=O) groups is 6. The molecule has 4 aromatic carbocycles. The van der Waals surface area contributed by atoms with E-state index in [1.165, 1.54) is 53.0 Å². The summed E-state index contributed by atoms with van der Waals surface area (Å²) in [5.74, 6) is -2.64. The van der Waals surface area contributed by atoms with Gasteiger partial charge in [0, 0.05) is 126 Å². The first kappa shape index (κ1) is 64.2. The zero-order chi connectivity index (χ0) is 65.7. The van der Waals surface area contributed by atoms with Crippen LogP contribution in [0.25, 0.3) is 0 Å². The number of fused-ring (bicyclic) bond motifs is 2. The topological polar surface area (TPSA) is 255 Å². The van der Waals surface area contributed by atoms with Crippen LogP contribution >= 0.6 is 50.2 Å². The number of halogens is 4. The number of nitrogens with zero attached hydrogens (tertiary/aromatic N) is 10. The van der Waals surface area contributed by atoms with Crippen molar-refractivity contribution in [1.29, 1.82) is 0 Å². The van der Waals surface area contributed by atoms with E-state index in [0.29, 0.717) is 145 Å². The molecule has 6 aromatic rings. The van der Waals surface area contributed by atoms with Crippen molar-refractivity contribution in [3.05, 3.63) is 184 Å². The van der Waals surface area contributed by atoms with Crippen LogP contribution < -0.4 is 20.4 Å². The Hall–Kier alpha value is -8.47. The van der Waals surface area contributed by atoms with E-state index in [9.17, 15) is 47.8 Å². The summed E-state index contributed by atoms with van der Waals surface area (Å²) in [6.07, 6.45) is 5.84. The Kier molecular flexibility index (Phi) is 18.0. The van der Waals surface area contributed by atoms with Gasteiger partial charge in [0.2, 0.25) is 0 Å². The number of anilines is 2. The van der Waals surface area contributed by atoms with Crippen molar-refractivity contribution in [3.63, 3.8) is 0 Å². The molecule has 4 amide bonds. The molecule has 22 nitrogen and oxygen atoms in total. The number of aliphatic carboxylic acids is 2. The Bertz CT molecular complexity index is 3850. The summed E-state index contributed by atoms with van der Waals surface area (Å²) in [4.78, 5) is 108. The van der Waals surface area contributed by atoms with Gasteiger partial charge in [-0.15, -0.1) is 22.7 Å². The van der Waals surface area contributed by atoms with Crippen molar-refractivity contribution < 1.29 is 57.2 Å². The van der Waals surface area contributed by atoms with Gasteiger partial charge in [0.1, 0.15) is 23.7 Å². The van der Waals surface area contributed by atoms with Crippen LogP contribution in [0.5, 0.6) is 0 Å². The molecule has 6 fully saturated rings. The van der Waals surface area contributed by atoms with Crippen molar-refractivity contribution in [1.82, 2.24) is 40.2 Å². The van der Waals surface area contributed by atoms with E-state index in [1.807, 2.05) is 69.1 Å². The van der Waals surface area contributed by atoms with Gasteiger partial charge in [-0.2, -0.15) is 0 Å². The number of nitrogens with one attached hydrogen (secondary N) is 2. The molecule has 4 N–H and O–H groups in total. The lowest BCUT2D eigenvalue weighted by Gasteiger charge is -2.38. The third kappa shape index (κ3) is 12.5. The van der Waals surface area contributed by atoms with Crippen molar-refractivity contribution in [2.45, 2.75) is 74.5 Å². The Morgan fingerprint density at radius 3 is 1.43 bits per heavy atom. The summed E-state index contributed by atoms with van der Waals surface area (Å²) in [5, 5.41) is 31.1. The number of hydrogen-bond donors (Lipinski definition) is 4. The maximum atomic E-state index is 14.1. The normalized spacial score (nSPS) is 22.1. The Morgan fingerprint density at radius 2 is 1.04 bits per heavy atom. The zero-order valence-corrected chi connectivity index (χ0v) is 55.0. The van der Waals surface area contributed by atoms with Gasteiger partial charge in [-0.3, -0.25) is 39.2 Å². The van der Waals surface area contributed by atoms with Gasteiger partial charge < -0.3 is 40.1 Å². The molecule has 94 heavy (non-hydrogen) atoms. The fourth-order valence-electron chi connectivity index (χ4n) is 13.3. The highest BCUT2D eigenvalue weighted by atomic mass is 79.9. The molecule has 4 saturated heterocycles. The van der Waals surface area contributed by atoms with E-state index >= 15 is 0 Å². The van der Waals surface area contributed by atoms with E-state index in [-0.39, 0.29) is 48.0 Å². The van der Waals surface area contributed by atoms with Crippen LogP contribution in [0.15, 0.2) is 145 Å². The number of urea groups is 2. The third-order valence-corrected chi connectivity index (χ3v) is 21.0. The fourth-order valence-corrected chi connectivity index (χ4v) is 15.3. The Labute approximate surface area is 560 Å². The van der Waals surface area contributed by atoms with E-state index in [2.05, 4.69) is 46.3 Å². The van der Waals surface area contributed by atoms with E-state index in [4.69, 9.17) is 31.1 Å². The maximum Gasteiger partial charge on any atom is 0.338 e. The zero-order valence-electron chi connectivity index (χ0n) is 51.0. The van der Waals surface area contributed by atoms with Crippen molar-refractivity contribution in [2.75, 3.05) is 88.5 Å². The molecule has 28 heteroatoms. The average molecular weight is 1400 g/mol. The summed E-state index contributed by atoms with van der Waals surface area (Å²) >= 11 is 12.8. The minimum absolute atomic E-state index is 0.0802. The second-order valence-electron chi connectivity index (χ2n) is 24.1. The van der Waals surface area contributed by atoms with Gasteiger partial charge in [-0.05, 0) is 105 Å². The van der Waals surface area contributed by atoms with Crippen LogP contribution in [-0.4, -0.2) is 178 Å². The van der Waals surface area contributed by atoms with Crippen LogP contribution in [-0.2, 0) is 39.5 Å². The summed E-state index contributed by atoms with van der Waals surface area (Å²) in [6, 6.07) is 20.9. The molecule has 488 valence electrons. The quantitative estimate of drug-likeness (QED) is 0.0585. The standard InChI is InChI=1S/C33H32BrFN6O5S.C33H32ClFN6O5S/c2*1-2-46-30(42)26-25(37-28(29-36-11-14-47-29)38-27(26)23-8-5-20(35)15-24(23)34)18-39-12-13-40-22(16-39)17-41(32(40)45)21-6-3-19(4-7-21)33(9-10-33)31(43)44/h2*3-8,11,14-15,22,27H,2,9-10,12-13,16-18H2,1H3,(H,37,38)(H,43,44)/t2*22-,27-/m00/s1. The number of amidine groups is 2. The SMILES string of the molecule is CCOC(=O)C1=C(CN2CCN3C(=O)N(c4ccc(C5(C(=O)O)CC5)cc4)C[C@@H]3C2)NC(c2nccs2)=N[C@H]1c1ccc(F)cc1Br.CCOC(=O)C1=C(CN2CCN3C(=O)N(c4ccc(C5(C(=O)O)CC5)cc4)C[C@@H]3C2)NC(c2nccs2)=N[C@H]1c1ccc(F)cc1Cl. The van der Waals surface area contributed by atoms with Crippen LogP contribution in [0.1, 0.15) is 83.9 Å². The summed E-state index contributed by atoms with van der Waals surface area (Å²) in [6.45, 7) is 8.68. The molecule has 0 bridgehead atoms. The molecular formula is C66H64BrClF2N12O10S2. The Balaban J connectivity index is 0.000000171. The number of carboxylic acid groups (broad SMARTS) is 2. The number of thiazole rings is 2. The number of aliphatic imine (C=N–C) groups is 2. The van der Waals surface area contributed by atoms with Crippen LogP contribution in [0.3, 0.4) is 0 Å². The highest BCUT2D eigenvalue weighted by Gasteiger charge is 2.53. The Morgan fingerprint density at radius 1 is 0.617 bits per heavy atom. The first-order valence-corrected chi connectivity index (χ1v) is 33.8. The second kappa shape index (κ2) is 26.4. The van der Waals surface area contributed by atoms with Gasteiger partial charge in [-0.25, -0.2) is 37.9 Å². The van der Waals surface area contributed by atoms with E-state index < -0.39 is 58.4 Å². The van der Waals surface area contributed by atoms with Crippen LogP contribution in [0.4, 0.5) is 29.7 Å². The molecule has 0 radical (unpaired) electrons. The molecule has 4 atom stereocenters. The number of hydrogen-bond acceptors (Lipinski definition) is 18. The number of carboxylic acids is 2. The number of aromatic nitrogens is 2. The van der Waals surface area contributed by atoms with Gasteiger partial charge in [-0.1, -0.05) is 63.9 Å². The van der Waals surface area contributed by atoms with E-state index in [1.54, 1.807) is 42.1 Å². The lowest BCUT2D eigenvalue weighted by atomic mass is 9.95. The number of benzene rings is 4. The number of carbonyl (C=O) groups excluding carboxylic acids is 4. The fraction of sp³-hybridized carbons (Fsp3) is 0.364. The lowest BCUT2D eigenvalue weighted by molar-refractivity contribution is -0.141. The van der Waals surface area contributed by atoms with Gasteiger partial charge >= 0.3 is 35.9 Å². The van der Waals surface area contributed by atoms with Crippen LogP contribution in [0, 0.1) is 11.6 Å². The predicted octanol–water partition coefficient (Wildman–Crippen LogP) is 9.28. The van der Waals surface area contributed by atoms with Crippen molar-refractivity contribution >= 4 is 109 Å². The average Bonchev–Trinajstić information content (AvgIpc) is 1.47. The summed E-state index contributed by atoms with van der Waals surface area (Å²) in [7, 11) is 0. The third-order valence-electron chi connectivity index (χ3n) is 18.4. The molecule has 0 unspecified atom stereocenters. The predicted molar refractivity (Wildman–Crippen MR) is 351 cm³/mol. The molecule has 8 heterocycles. The van der Waals surface area contributed by atoms with Crippen molar-refractivity contribution in [3.8, 4) is 0 Å². The molecular weight excluding hydrogens is 1340 g/mol. The molecule has 2 saturated carbocycles. The first-order chi connectivity index (χ1) is 45.4. The molecule has 2 aromatic heterocycles. The monoisotopic (exact) mass is 1400 g/mol. The number of piperazine rings is 2. The second-order valence-corrected chi connectivity index (χ2v) is 27.1. The molecule has 2 aliphatic carbocycles. The highest BCUT2D eigenvalue weighted by Crippen LogP contribution is 2.50. The number of rotatable bonds is 18. The minimum Gasteiger partial charge on any atom is -0.481 e. The lowest BCUT2D eigenvalue weighted by Crippen LogP contribution is -2.53. The maximum absolute atomic E-state index is 14.1. The number of amides is 4. The summed E-state index contributed by atoms with van der Waals surface area (Å²) < 4.78 is 39.6. The summed E-state index contributed by atoms with van der Waals surface area (Å²) in [5.41, 5.74) is 4.27. The van der Waals surface area contributed by atoms with Crippen LogP contribution in [0.2, 0.25) is 5.02 Å². The molecule has 8 aliphatic rings. The largest absolute Gasteiger partial charge is 0.481 e. The molecule has 14 rings (SSSR count). The van der Waals surface area contributed by atoms with Crippen molar-refractivity contribution in [2.24, 2.45) is 9.98 Å². The van der Waals surface area contributed by atoms with Gasteiger partial charge in [0.15, 0.2) is 21.7 Å². The minimum atomic E-state index is -0.860. The first-order valence-electron chi connectivity index (χ1n) is 30.8. The van der Waals surface area contributed by atoms with Gasteiger partial charge in [0.25, 0.3) is 0 Å².